The van der Waals surface area contributed by atoms with Crippen molar-refractivity contribution in [1.29, 1.82) is 0 Å². The molecule has 1 aliphatic rings. The summed E-state index contributed by atoms with van der Waals surface area (Å²) in [5.41, 5.74) is 2.31. The third-order valence-electron chi connectivity index (χ3n) is 3.89. The number of nitrogens with zero attached hydrogens (tertiary/aromatic N) is 1. The maximum absolute atomic E-state index is 12.5. The smallest absolute Gasteiger partial charge is 0.255 e. The highest BCUT2D eigenvalue weighted by Gasteiger charge is 2.15. The fourth-order valence-corrected chi connectivity index (χ4v) is 3.19. The second-order valence-corrected chi connectivity index (χ2v) is 6.53. The molecular formula is C18H18Cl2N2O2. The Morgan fingerprint density at radius 3 is 2.46 bits per heavy atom. The molecular weight excluding hydrogens is 347 g/mol. The van der Waals surface area contributed by atoms with Crippen molar-refractivity contribution < 1.29 is 9.53 Å². The van der Waals surface area contributed by atoms with Crippen molar-refractivity contribution in [2.75, 3.05) is 31.6 Å². The summed E-state index contributed by atoms with van der Waals surface area (Å²) >= 11 is 11.9. The van der Waals surface area contributed by atoms with E-state index < -0.39 is 0 Å². The number of hydrogen-bond donors (Lipinski definition) is 1. The van der Waals surface area contributed by atoms with Gasteiger partial charge in [0.05, 0.1) is 13.2 Å². The van der Waals surface area contributed by atoms with E-state index in [4.69, 9.17) is 27.9 Å². The number of morpholine rings is 1. The van der Waals surface area contributed by atoms with Crippen molar-refractivity contribution in [2.24, 2.45) is 0 Å². The number of carbonyl (C=O) groups is 1. The van der Waals surface area contributed by atoms with Gasteiger partial charge in [-0.25, -0.2) is 0 Å². The van der Waals surface area contributed by atoms with Gasteiger partial charge in [-0.05, 0) is 29.8 Å². The van der Waals surface area contributed by atoms with Crippen LogP contribution in [0.15, 0.2) is 42.5 Å². The fraction of sp³-hybridized carbons (Fsp3) is 0.278. The summed E-state index contributed by atoms with van der Waals surface area (Å²) in [5, 5.41) is 3.83. The number of amides is 1. The third-order valence-corrected chi connectivity index (χ3v) is 4.32. The molecule has 1 fully saturated rings. The van der Waals surface area contributed by atoms with Crippen molar-refractivity contribution >= 4 is 34.8 Å². The average Bonchev–Trinajstić information content (AvgIpc) is 2.56. The predicted molar refractivity (Wildman–Crippen MR) is 97.0 cm³/mol. The van der Waals surface area contributed by atoms with Crippen LogP contribution in [0, 0.1) is 0 Å². The molecule has 24 heavy (non-hydrogen) atoms. The van der Waals surface area contributed by atoms with E-state index in [1.165, 1.54) is 0 Å². The van der Waals surface area contributed by atoms with Gasteiger partial charge in [0, 0.05) is 40.9 Å². The molecule has 1 aliphatic heterocycles. The number of para-hydroxylation sites is 1. The van der Waals surface area contributed by atoms with Gasteiger partial charge in [0.15, 0.2) is 0 Å². The number of carbonyl (C=O) groups excluding carboxylic acids is 1. The number of anilines is 1. The van der Waals surface area contributed by atoms with Crippen molar-refractivity contribution in [3.8, 4) is 0 Å². The summed E-state index contributed by atoms with van der Waals surface area (Å²) in [7, 11) is 0. The molecule has 0 radical (unpaired) electrons. The lowest BCUT2D eigenvalue weighted by Crippen LogP contribution is -2.35. The van der Waals surface area contributed by atoms with E-state index in [1.54, 1.807) is 18.2 Å². The average molecular weight is 365 g/mol. The van der Waals surface area contributed by atoms with E-state index in [0.717, 1.165) is 44.1 Å². The number of halogens is 2. The monoisotopic (exact) mass is 364 g/mol. The van der Waals surface area contributed by atoms with Gasteiger partial charge in [0.2, 0.25) is 0 Å². The van der Waals surface area contributed by atoms with Gasteiger partial charge in [0.25, 0.3) is 5.91 Å². The van der Waals surface area contributed by atoms with E-state index in [0.29, 0.717) is 15.6 Å². The molecule has 1 amide bonds. The molecule has 126 valence electrons. The Morgan fingerprint density at radius 1 is 1.08 bits per heavy atom. The molecule has 0 unspecified atom stereocenters. The predicted octanol–water partition coefficient (Wildman–Crippen LogP) is 4.08. The van der Waals surface area contributed by atoms with Gasteiger partial charge >= 0.3 is 0 Å². The lowest BCUT2D eigenvalue weighted by molar-refractivity contribution is 0.0342. The van der Waals surface area contributed by atoms with Crippen molar-refractivity contribution in [3.63, 3.8) is 0 Å². The molecule has 2 aromatic carbocycles. The molecule has 0 bridgehead atoms. The lowest BCUT2D eigenvalue weighted by Gasteiger charge is -2.27. The van der Waals surface area contributed by atoms with Gasteiger partial charge in [-0.2, -0.15) is 0 Å². The second-order valence-electron chi connectivity index (χ2n) is 5.66. The molecule has 1 heterocycles. The minimum atomic E-state index is -0.228. The van der Waals surface area contributed by atoms with Gasteiger partial charge in [0.1, 0.15) is 0 Å². The fourth-order valence-electron chi connectivity index (χ4n) is 2.66. The summed E-state index contributed by atoms with van der Waals surface area (Å²) in [6.45, 7) is 4.06. The highest BCUT2D eigenvalue weighted by atomic mass is 35.5. The van der Waals surface area contributed by atoms with Gasteiger partial charge < -0.3 is 10.1 Å². The van der Waals surface area contributed by atoms with Crippen LogP contribution in [0.4, 0.5) is 5.69 Å². The van der Waals surface area contributed by atoms with Crippen LogP contribution in [0.1, 0.15) is 15.9 Å². The molecule has 4 nitrogen and oxygen atoms in total. The van der Waals surface area contributed by atoms with Crippen LogP contribution in [0.25, 0.3) is 0 Å². The summed E-state index contributed by atoms with van der Waals surface area (Å²) in [6, 6.07) is 12.6. The molecule has 0 aliphatic carbocycles. The summed E-state index contributed by atoms with van der Waals surface area (Å²) in [4.78, 5) is 14.8. The first-order valence-corrected chi connectivity index (χ1v) is 8.53. The summed E-state index contributed by atoms with van der Waals surface area (Å²) in [5.74, 6) is -0.228. The summed E-state index contributed by atoms with van der Waals surface area (Å²) in [6.07, 6.45) is 0. The van der Waals surface area contributed by atoms with E-state index in [2.05, 4.69) is 10.2 Å². The van der Waals surface area contributed by atoms with Crippen LogP contribution in [-0.2, 0) is 11.3 Å². The Labute approximate surface area is 151 Å². The Kier molecular flexibility index (Phi) is 5.74. The first-order chi connectivity index (χ1) is 11.6. The zero-order chi connectivity index (χ0) is 16.9. The topological polar surface area (TPSA) is 41.6 Å². The number of nitrogens with one attached hydrogen (secondary N) is 1. The van der Waals surface area contributed by atoms with E-state index >= 15 is 0 Å². The largest absolute Gasteiger partial charge is 0.379 e. The summed E-state index contributed by atoms with van der Waals surface area (Å²) < 4.78 is 5.38. The molecule has 1 saturated heterocycles. The SMILES string of the molecule is O=C(Nc1ccccc1CN1CCOCC1)c1cc(Cl)cc(Cl)c1. The maximum Gasteiger partial charge on any atom is 0.255 e. The standard InChI is InChI=1S/C18H18Cl2N2O2/c19-15-9-14(10-16(20)11-15)18(23)21-17-4-2-1-3-13(17)12-22-5-7-24-8-6-22/h1-4,9-11H,5-8,12H2,(H,21,23). The van der Waals surface area contributed by atoms with Crippen LogP contribution >= 0.6 is 23.2 Å². The molecule has 0 atom stereocenters. The number of benzene rings is 2. The van der Waals surface area contributed by atoms with Crippen molar-refractivity contribution in [3.05, 3.63) is 63.6 Å². The third kappa shape index (κ3) is 4.48. The number of hydrogen-bond acceptors (Lipinski definition) is 3. The minimum absolute atomic E-state index is 0.228. The Balaban J connectivity index is 1.75. The minimum Gasteiger partial charge on any atom is -0.379 e. The quantitative estimate of drug-likeness (QED) is 0.888. The maximum atomic E-state index is 12.5. The Hall–Kier alpha value is -1.59. The molecule has 2 aromatic rings. The molecule has 3 rings (SSSR count). The van der Waals surface area contributed by atoms with E-state index in [1.807, 2.05) is 24.3 Å². The zero-order valence-electron chi connectivity index (χ0n) is 13.1. The lowest BCUT2D eigenvalue weighted by atomic mass is 10.1. The molecule has 6 heteroatoms. The highest BCUT2D eigenvalue weighted by molar-refractivity contribution is 6.35. The Morgan fingerprint density at radius 2 is 1.75 bits per heavy atom. The van der Waals surface area contributed by atoms with Gasteiger partial charge in [-0.1, -0.05) is 41.4 Å². The van der Waals surface area contributed by atoms with Crippen LogP contribution < -0.4 is 5.32 Å². The highest BCUT2D eigenvalue weighted by Crippen LogP contribution is 2.22. The zero-order valence-corrected chi connectivity index (χ0v) is 14.6. The first-order valence-electron chi connectivity index (χ1n) is 7.77. The van der Waals surface area contributed by atoms with Crippen molar-refractivity contribution in [1.82, 2.24) is 4.90 Å². The van der Waals surface area contributed by atoms with Crippen LogP contribution in [0.2, 0.25) is 10.0 Å². The van der Waals surface area contributed by atoms with Gasteiger partial charge in [-0.3, -0.25) is 9.69 Å². The van der Waals surface area contributed by atoms with E-state index in [-0.39, 0.29) is 5.91 Å². The van der Waals surface area contributed by atoms with Gasteiger partial charge in [-0.15, -0.1) is 0 Å². The van der Waals surface area contributed by atoms with Crippen molar-refractivity contribution in [2.45, 2.75) is 6.54 Å². The first kappa shape index (κ1) is 17.2. The normalized spacial score (nSPS) is 15.2. The van der Waals surface area contributed by atoms with E-state index in [9.17, 15) is 4.79 Å². The van der Waals surface area contributed by atoms with Crippen LogP contribution in [0.5, 0.6) is 0 Å². The molecule has 0 saturated carbocycles. The number of rotatable bonds is 4. The molecule has 1 N–H and O–H groups in total. The number of ether oxygens (including phenoxy) is 1. The van der Waals surface area contributed by atoms with Crippen LogP contribution in [-0.4, -0.2) is 37.1 Å². The molecule has 0 spiro atoms. The van der Waals surface area contributed by atoms with Crippen LogP contribution in [0.3, 0.4) is 0 Å². The Bertz CT molecular complexity index is 710. The second kappa shape index (κ2) is 7.99. The molecule has 0 aromatic heterocycles.